The fourth-order valence-corrected chi connectivity index (χ4v) is 3.91. The van der Waals surface area contributed by atoms with Gasteiger partial charge in [0.15, 0.2) is 5.13 Å². The molecule has 1 aromatic heterocycles. The Morgan fingerprint density at radius 1 is 1.37 bits per heavy atom. The molecule has 0 aromatic carbocycles. The molecule has 4 heteroatoms. The smallest absolute Gasteiger partial charge is 0.186 e. The molecule has 108 valence electrons. The predicted octanol–water partition coefficient (Wildman–Crippen LogP) is 3.58. The molecule has 3 nitrogen and oxygen atoms in total. The van der Waals surface area contributed by atoms with Crippen molar-refractivity contribution in [3.8, 4) is 0 Å². The van der Waals surface area contributed by atoms with Crippen molar-refractivity contribution in [2.45, 2.75) is 65.5 Å². The zero-order chi connectivity index (χ0) is 13.7. The number of rotatable bonds is 6. The fraction of sp³-hybridized carbons (Fsp3) is 0.800. The summed E-state index contributed by atoms with van der Waals surface area (Å²) in [7, 11) is 0. The summed E-state index contributed by atoms with van der Waals surface area (Å²) >= 11 is 1.90. The highest BCUT2D eigenvalue weighted by atomic mass is 32.1. The Balaban J connectivity index is 2.08. The zero-order valence-corrected chi connectivity index (χ0v) is 13.4. The van der Waals surface area contributed by atoms with Crippen LogP contribution in [0.4, 0.5) is 5.13 Å². The molecule has 1 unspecified atom stereocenters. The Hall–Kier alpha value is -0.610. The molecule has 1 aliphatic rings. The van der Waals surface area contributed by atoms with E-state index in [0.717, 1.165) is 19.5 Å². The van der Waals surface area contributed by atoms with Crippen molar-refractivity contribution in [1.82, 2.24) is 10.3 Å². The third-order valence-corrected chi connectivity index (χ3v) is 5.00. The van der Waals surface area contributed by atoms with Gasteiger partial charge in [-0.25, -0.2) is 4.98 Å². The summed E-state index contributed by atoms with van der Waals surface area (Å²) in [6, 6.07) is 0.654. The molecular formula is C15H27N3S. The van der Waals surface area contributed by atoms with E-state index in [2.05, 4.69) is 31.0 Å². The largest absolute Gasteiger partial charge is 0.345 e. The number of aryl methyl sites for hydroxylation is 1. The number of nitrogens with one attached hydrogen (secondary N) is 1. The van der Waals surface area contributed by atoms with Crippen molar-refractivity contribution in [1.29, 1.82) is 0 Å². The molecule has 0 saturated carbocycles. The van der Waals surface area contributed by atoms with Gasteiger partial charge in [0.05, 0.1) is 5.69 Å². The lowest BCUT2D eigenvalue weighted by molar-refractivity contribution is 0.484. The lowest BCUT2D eigenvalue weighted by Gasteiger charge is -2.33. The highest BCUT2D eigenvalue weighted by Crippen LogP contribution is 2.31. The van der Waals surface area contributed by atoms with Crippen LogP contribution in [0.25, 0.3) is 0 Å². The standard InChI is InChI=1S/C15H27N3S/c1-4-9-16-11-14-13(5-2)17-15(19-14)18-10-7-6-8-12(18)3/h12,16H,4-11H2,1-3H3. The number of aromatic nitrogens is 1. The summed E-state index contributed by atoms with van der Waals surface area (Å²) in [5.41, 5.74) is 1.29. The van der Waals surface area contributed by atoms with Crippen LogP contribution in [0.3, 0.4) is 0 Å². The molecule has 2 rings (SSSR count). The number of hydrogen-bond acceptors (Lipinski definition) is 4. The van der Waals surface area contributed by atoms with Crippen molar-refractivity contribution in [2.24, 2.45) is 0 Å². The van der Waals surface area contributed by atoms with Gasteiger partial charge in [-0.3, -0.25) is 0 Å². The van der Waals surface area contributed by atoms with E-state index in [1.807, 2.05) is 11.3 Å². The van der Waals surface area contributed by atoms with E-state index in [0.29, 0.717) is 6.04 Å². The van der Waals surface area contributed by atoms with E-state index in [1.54, 1.807) is 0 Å². The average Bonchev–Trinajstić information content (AvgIpc) is 2.83. The monoisotopic (exact) mass is 281 g/mol. The van der Waals surface area contributed by atoms with E-state index in [9.17, 15) is 0 Å². The van der Waals surface area contributed by atoms with Gasteiger partial charge in [0.25, 0.3) is 0 Å². The Kier molecular flexibility index (Phi) is 5.64. The second-order valence-electron chi connectivity index (χ2n) is 5.43. The van der Waals surface area contributed by atoms with Crippen LogP contribution in [0.1, 0.15) is 57.0 Å². The summed E-state index contributed by atoms with van der Waals surface area (Å²) in [5.74, 6) is 0. The maximum atomic E-state index is 4.89. The normalized spacial score (nSPS) is 19.9. The lowest BCUT2D eigenvalue weighted by atomic mass is 10.1. The molecule has 0 aliphatic carbocycles. The van der Waals surface area contributed by atoms with E-state index in [1.165, 1.54) is 47.9 Å². The molecular weight excluding hydrogens is 254 g/mol. The highest BCUT2D eigenvalue weighted by molar-refractivity contribution is 7.15. The summed E-state index contributed by atoms with van der Waals surface area (Å²) in [6.45, 7) is 10.0. The van der Waals surface area contributed by atoms with Crippen LogP contribution in [0.5, 0.6) is 0 Å². The first-order chi connectivity index (χ1) is 9.26. The Morgan fingerprint density at radius 3 is 2.89 bits per heavy atom. The van der Waals surface area contributed by atoms with Crippen LogP contribution in [-0.2, 0) is 13.0 Å². The van der Waals surface area contributed by atoms with Gasteiger partial charge in [-0.15, -0.1) is 11.3 Å². The van der Waals surface area contributed by atoms with Gasteiger partial charge in [-0.2, -0.15) is 0 Å². The van der Waals surface area contributed by atoms with Gasteiger partial charge in [0.1, 0.15) is 0 Å². The minimum absolute atomic E-state index is 0.654. The van der Waals surface area contributed by atoms with Crippen molar-refractivity contribution in [3.63, 3.8) is 0 Å². The lowest BCUT2D eigenvalue weighted by Crippen LogP contribution is -2.37. The molecule has 1 aliphatic heterocycles. The molecule has 1 saturated heterocycles. The minimum Gasteiger partial charge on any atom is -0.345 e. The summed E-state index contributed by atoms with van der Waals surface area (Å²) in [5, 5.41) is 4.75. The first-order valence-electron chi connectivity index (χ1n) is 7.72. The number of hydrogen-bond donors (Lipinski definition) is 1. The molecule has 1 aromatic rings. The van der Waals surface area contributed by atoms with Gasteiger partial charge >= 0.3 is 0 Å². The van der Waals surface area contributed by atoms with Gasteiger partial charge in [-0.05, 0) is 45.6 Å². The molecule has 0 bridgehead atoms. The van der Waals surface area contributed by atoms with E-state index < -0.39 is 0 Å². The van der Waals surface area contributed by atoms with Gasteiger partial charge < -0.3 is 10.2 Å². The first-order valence-corrected chi connectivity index (χ1v) is 8.53. The van der Waals surface area contributed by atoms with Gasteiger partial charge in [-0.1, -0.05) is 13.8 Å². The number of piperidine rings is 1. The number of thiazole rings is 1. The SMILES string of the molecule is CCCNCc1sc(N2CCCCC2C)nc1CC. The molecule has 0 spiro atoms. The molecule has 1 fully saturated rings. The van der Waals surface area contributed by atoms with Gasteiger partial charge in [0, 0.05) is 24.0 Å². The maximum absolute atomic E-state index is 4.89. The Bertz CT molecular complexity index is 389. The molecule has 19 heavy (non-hydrogen) atoms. The van der Waals surface area contributed by atoms with Crippen molar-refractivity contribution < 1.29 is 0 Å². The molecule has 0 amide bonds. The Labute approximate surface area is 121 Å². The van der Waals surface area contributed by atoms with Crippen molar-refractivity contribution in [3.05, 3.63) is 10.6 Å². The third kappa shape index (κ3) is 3.69. The number of anilines is 1. The van der Waals surface area contributed by atoms with Gasteiger partial charge in [0.2, 0.25) is 0 Å². The van der Waals surface area contributed by atoms with Crippen LogP contribution in [0.2, 0.25) is 0 Å². The third-order valence-electron chi connectivity index (χ3n) is 3.86. The molecule has 0 radical (unpaired) electrons. The molecule has 2 heterocycles. The summed E-state index contributed by atoms with van der Waals surface area (Å²) < 4.78 is 0. The zero-order valence-electron chi connectivity index (χ0n) is 12.5. The van der Waals surface area contributed by atoms with E-state index in [-0.39, 0.29) is 0 Å². The fourth-order valence-electron chi connectivity index (χ4n) is 2.67. The number of nitrogens with zero attached hydrogens (tertiary/aromatic N) is 2. The minimum atomic E-state index is 0.654. The van der Waals surface area contributed by atoms with Crippen molar-refractivity contribution in [2.75, 3.05) is 18.0 Å². The molecule has 1 atom stereocenters. The van der Waals surface area contributed by atoms with Crippen LogP contribution in [0.15, 0.2) is 0 Å². The average molecular weight is 281 g/mol. The summed E-state index contributed by atoms with van der Waals surface area (Å²) in [4.78, 5) is 8.83. The van der Waals surface area contributed by atoms with Crippen LogP contribution in [0, 0.1) is 0 Å². The quantitative estimate of drug-likeness (QED) is 0.808. The van der Waals surface area contributed by atoms with E-state index in [4.69, 9.17) is 4.98 Å². The maximum Gasteiger partial charge on any atom is 0.186 e. The van der Waals surface area contributed by atoms with E-state index >= 15 is 0 Å². The van der Waals surface area contributed by atoms with Crippen LogP contribution in [-0.4, -0.2) is 24.1 Å². The van der Waals surface area contributed by atoms with Crippen LogP contribution >= 0.6 is 11.3 Å². The Morgan fingerprint density at radius 2 is 2.21 bits per heavy atom. The van der Waals surface area contributed by atoms with Crippen molar-refractivity contribution >= 4 is 16.5 Å². The van der Waals surface area contributed by atoms with Crippen LogP contribution < -0.4 is 10.2 Å². The topological polar surface area (TPSA) is 28.2 Å². The molecule has 1 N–H and O–H groups in total. The second kappa shape index (κ2) is 7.25. The first kappa shape index (κ1) is 14.8. The second-order valence-corrected chi connectivity index (χ2v) is 6.50. The predicted molar refractivity (Wildman–Crippen MR) is 84.1 cm³/mol. The highest BCUT2D eigenvalue weighted by Gasteiger charge is 2.22. The summed E-state index contributed by atoms with van der Waals surface area (Å²) in [6.07, 6.45) is 6.23.